The van der Waals surface area contributed by atoms with E-state index in [-0.39, 0.29) is 59.6 Å². The molecule has 3 N–H and O–H groups in total. The van der Waals surface area contributed by atoms with Crippen LogP contribution >= 0.6 is 45.7 Å². The van der Waals surface area contributed by atoms with Gasteiger partial charge in [-0.2, -0.15) is 0 Å². The van der Waals surface area contributed by atoms with Crippen LogP contribution in [0.25, 0.3) is 0 Å². The van der Waals surface area contributed by atoms with E-state index in [1.165, 1.54) is 16.7 Å². The Balaban J connectivity index is 0.00000324. The van der Waals surface area contributed by atoms with Gasteiger partial charge in [0.25, 0.3) is 0 Å². The normalized spacial score (nSPS) is 16.4. The van der Waals surface area contributed by atoms with Gasteiger partial charge in [0, 0.05) is 16.7 Å². The molecule has 0 fully saturated rings. The molecule has 1 aliphatic heterocycles. The number of benzene rings is 2. The summed E-state index contributed by atoms with van der Waals surface area (Å²) in [4.78, 5) is 41.0. The standard InChI is InChI=1S/C25H31N3O5S.2BrH/c1-3-32-22(29)15-28-20-12-8-9-13-21(20)34-16-19(24(28)30)27-23(25(31)33-4-2)18(26)14-17-10-6-5-7-11-17;;/h5-13,18-19,23,27H,3-4,14-16,26H2,1-2H3;2*1H. The number of carbonyl (C=O) groups is 3. The lowest BCUT2D eigenvalue weighted by molar-refractivity contribution is -0.147. The number of nitrogens with zero attached hydrogens (tertiary/aromatic N) is 1. The van der Waals surface area contributed by atoms with Crippen molar-refractivity contribution in [2.75, 3.05) is 30.4 Å². The van der Waals surface area contributed by atoms with Crippen LogP contribution in [0.15, 0.2) is 59.5 Å². The highest BCUT2D eigenvalue weighted by Gasteiger charge is 2.37. The second kappa shape index (κ2) is 16.0. The molecule has 1 amide bonds. The lowest BCUT2D eigenvalue weighted by Gasteiger charge is -2.29. The average Bonchev–Trinajstić information content (AvgIpc) is 2.95. The van der Waals surface area contributed by atoms with E-state index in [9.17, 15) is 14.4 Å². The van der Waals surface area contributed by atoms with Crippen molar-refractivity contribution in [2.45, 2.75) is 43.3 Å². The second-order valence-corrected chi connectivity index (χ2v) is 8.87. The number of nitrogens with two attached hydrogens (primary N) is 1. The molecule has 11 heteroatoms. The molecule has 36 heavy (non-hydrogen) atoms. The molecular formula is C25H33Br2N3O5S. The van der Waals surface area contributed by atoms with Crippen molar-refractivity contribution in [3.63, 3.8) is 0 Å². The van der Waals surface area contributed by atoms with Gasteiger partial charge in [0.15, 0.2) is 0 Å². The van der Waals surface area contributed by atoms with E-state index in [1.54, 1.807) is 19.9 Å². The van der Waals surface area contributed by atoms with Gasteiger partial charge in [-0.05, 0) is 38.0 Å². The Morgan fingerprint density at radius 1 is 1.06 bits per heavy atom. The summed E-state index contributed by atoms with van der Waals surface area (Å²) in [6.45, 7) is 3.64. The molecule has 2 aromatic rings. The topological polar surface area (TPSA) is 111 Å². The van der Waals surface area contributed by atoms with Crippen molar-refractivity contribution >= 4 is 69.3 Å². The lowest BCUT2D eigenvalue weighted by Crippen LogP contribution is -2.59. The predicted molar refractivity (Wildman–Crippen MR) is 152 cm³/mol. The number of ether oxygens (including phenoxy) is 2. The van der Waals surface area contributed by atoms with Crippen molar-refractivity contribution in [2.24, 2.45) is 5.73 Å². The number of para-hydroxylation sites is 1. The maximum absolute atomic E-state index is 13.6. The molecule has 0 aliphatic carbocycles. The Morgan fingerprint density at radius 3 is 2.36 bits per heavy atom. The van der Waals surface area contributed by atoms with E-state index < -0.39 is 30.1 Å². The van der Waals surface area contributed by atoms with E-state index in [4.69, 9.17) is 15.2 Å². The van der Waals surface area contributed by atoms with Crippen LogP contribution in [0.5, 0.6) is 0 Å². The van der Waals surface area contributed by atoms with E-state index in [1.807, 2.05) is 48.5 Å². The van der Waals surface area contributed by atoms with Crippen molar-refractivity contribution in [1.29, 1.82) is 0 Å². The van der Waals surface area contributed by atoms with Gasteiger partial charge >= 0.3 is 11.9 Å². The highest BCUT2D eigenvalue weighted by molar-refractivity contribution is 8.93. The summed E-state index contributed by atoms with van der Waals surface area (Å²) >= 11 is 1.48. The van der Waals surface area contributed by atoms with Crippen LogP contribution in [-0.2, 0) is 30.3 Å². The van der Waals surface area contributed by atoms with Gasteiger partial charge in [0.05, 0.1) is 24.9 Å². The summed E-state index contributed by atoms with van der Waals surface area (Å²) in [5.74, 6) is -0.975. The fourth-order valence-electron chi connectivity index (χ4n) is 3.79. The molecule has 0 saturated carbocycles. The number of amides is 1. The zero-order valence-electron chi connectivity index (χ0n) is 20.3. The quantitative estimate of drug-likeness (QED) is 0.379. The molecule has 0 bridgehead atoms. The van der Waals surface area contributed by atoms with Crippen LogP contribution in [-0.4, -0.2) is 61.5 Å². The van der Waals surface area contributed by atoms with Crippen LogP contribution in [0.1, 0.15) is 19.4 Å². The third-order valence-electron chi connectivity index (χ3n) is 5.38. The Morgan fingerprint density at radius 2 is 1.69 bits per heavy atom. The summed E-state index contributed by atoms with van der Waals surface area (Å²) in [6.07, 6.45) is 0.429. The molecule has 198 valence electrons. The number of esters is 2. The van der Waals surface area contributed by atoms with Crippen LogP contribution < -0.4 is 16.0 Å². The van der Waals surface area contributed by atoms with Crippen LogP contribution in [0, 0.1) is 0 Å². The second-order valence-electron chi connectivity index (χ2n) is 7.81. The van der Waals surface area contributed by atoms with E-state index >= 15 is 0 Å². The molecule has 8 nitrogen and oxygen atoms in total. The van der Waals surface area contributed by atoms with Crippen LogP contribution in [0.2, 0.25) is 0 Å². The highest BCUT2D eigenvalue weighted by Crippen LogP contribution is 2.34. The Bertz CT molecular complexity index is 999. The maximum Gasteiger partial charge on any atom is 0.326 e. The number of halogens is 2. The molecule has 3 unspecified atom stereocenters. The summed E-state index contributed by atoms with van der Waals surface area (Å²) in [5.41, 5.74) is 8.06. The summed E-state index contributed by atoms with van der Waals surface area (Å²) in [6, 6.07) is 14.7. The summed E-state index contributed by atoms with van der Waals surface area (Å²) in [7, 11) is 0. The number of anilines is 1. The van der Waals surface area contributed by atoms with Gasteiger partial charge in [-0.15, -0.1) is 45.7 Å². The molecule has 1 heterocycles. The first-order valence-corrected chi connectivity index (χ1v) is 12.3. The van der Waals surface area contributed by atoms with Crippen LogP contribution in [0.3, 0.4) is 0 Å². The average molecular weight is 647 g/mol. The van der Waals surface area contributed by atoms with Crippen molar-refractivity contribution in [1.82, 2.24) is 5.32 Å². The lowest BCUT2D eigenvalue weighted by atomic mass is 9.99. The minimum absolute atomic E-state index is 0. The van der Waals surface area contributed by atoms with Gasteiger partial charge in [-0.3, -0.25) is 24.6 Å². The number of thioether (sulfide) groups is 1. The number of hydrogen-bond acceptors (Lipinski definition) is 8. The fraction of sp³-hybridized carbons (Fsp3) is 0.400. The van der Waals surface area contributed by atoms with Crippen LogP contribution in [0.4, 0.5) is 5.69 Å². The number of fused-ring (bicyclic) bond motifs is 1. The molecule has 0 radical (unpaired) electrons. The molecule has 0 aromatic heterocycles. The number of carbonyl (C=O) groups excluding carboxylic acids is 3. The first-order chi connectivity index (χ1) is 16.4. The van der Waals surface area contributed by atoms with Crippen molar-refractivity contribution < 1.29 is 23.9 Å². The summed E-state index contributed by atoms with van der Waals surface area (Å²) in [5, 5.41) is 3.16. The third-order valence-corrected chi connectivity index (χ3v) is 6.54. The van der Waals surface area contributed by atoms with Gasteiger partial charge in [0.1, 0.15) is 12.6 Å². The first-order valence-electron chi connectivity index (χ1n) is 11.4. The Hall–Kier alpha value is -1.92. The Kier molecular flexibility index (Phi) is 14.3. The van der Waals surface area contributed by atoms with Crippen molar-refractivity contribution in [3.8, 4) is 0 Å². The number of hydrogen-bond donors (Lipinski definition) is 2. The number of rotatable bonds is 10. The first kappa shape index (κ1) is 32.1. The molecule has 2 aromatic carbocycles. The fourth-order valence-corrected chi connectivity index (χ4v) is 4.88. The van der Waals surface area contributed by atoms with E-state index in [0.717, 1.165) is 10.5 Å². The zero-order valence-corrected chi connectivity index (χ0v) is 24.5. The Labute approximate surface area is 237 Å². The smallest absolute Gasteiger partial charge is 0.326 e. The minimum Gasteiger partial charge on any atom is -0.465 e. The monoisotopic (exact) mass is 645 g/mol. The third kappa shape index (κ3) is 8.58. The molecule has 1 aliphatic rings. The van der Waals surface area contributed by atoms with Crippen molar-refractivity contribution in [3.05, 3.63) is 60.2 Å². The summed E-state index contributed by atoms with van der Waals surface area (Å²) < 4.78 is 10.4. The molecule has 3 atom stereocenters. The van der Waals surface area contributed by atoms with Gasteiger partial charge in [-0.1, -0.05) is 42.5 Å². The molecule has 3 rings (SSSR count). The van der Waals surface area contributed by atoms with E-state index in [0.29, 0.717) is 17.9 Å². The van der Waals surface area contributed by atoms with Gasteiger partial charge < -0.3 is 15.2 Å². The molecule has 0 saturated heterocycles. The minimum atomic E-state index is -0.902. The maximum atomic E-state index is 13.6. The highest BCUT2D eigenvalue weighted by atomic mass is 79.9. The largest absolute Gasteiger partial charge is 0.465 e. The molecular weight excluding hydrogens is 614 g/mol. The predicted octanol–water partition coefficient (Wildman–Crippen LogP) is 3.30. The molecule has 0 spiro atoms. The van der Waals surface area contributed by atoms with Gasteiger partial charge in [-0.25, -0.2) is 0 Å². The zero-order chi connectivity index (χ0) is 24.5. The van der Waals surface area contributed by atoms with Gasteiger partial charge in [0.2, 0.25) is 5.91 Å². The SMILES string of the molecule is Br.Br.CCOC(=O)CN1C(=O)C(NC(C(=O)OCC)C(N)Cc2ccccc2)CSc2ccccc21. The number of nitrogens with one attached hydrogen (secondary N) is 1. The van der Waals surface area contributed by atoms with E-state index in [2.05, 4.69) is 5.32 Å².